The summed E-state index contributed by atoms with van der Waals surface area (Å²) >= 11 is 1.78. The number of hydrogen-bond acceptors (Lipinski definition) is 7. The van der Waals surface area contributed by atoms with Crippen molar-refractivity contribution >= 4 is 34.3 Å². The largest absolute Gasteiger partial charge is 0.384 e. The van der Waals surface area contributed by atoms with Crippen molar-refractivity contribution in [3.8, 4) is 0 Å². The van der Waals surface area contributed by atoms with E-state index >= 15 is 0 Å². The summed E-state index contributed by atoms with van der Waals surface area (Å²) < 4.78 is 10.9. The van der Waals surface area contributed by atoms with Crippen LogP contribution in [0.2, 0.25) is 0 Å². The number of aliphatic imine (C=N–C) groups is 2. The maximum atomic E-state index is 5.57. The third-order valence-electron chi connectivity index (χ3n) is 5.21. The molecule has 1 aromatic carbocycles. The van der Waals surface area contributed by atoms with Crippen LogP contribution in [-0.2, 0) is 9.47 Å². The van der Waals surface area contributed by atoms with Crippen LogP contribution in [0.25, 0.3) is 10.9 Å². The van der Waals surface area contributed by atoms with Gasteiger partial charge in [-0.15, -0.1) is 0 Å². The van der Waals surface area contributed by atoms with Gasteiger partial charge in [-0.05, 0) is 23.1 Å². The van der Waals surface area contributed by atoms with Crippen molar-refractivity contribution in [2.45, 2.75) is 12.5 Å². The van der Waals surface area contributed by atoms with E-state index in [0.717, 1.165) is 60.9 Å². The molecule has 0 saturated carbocycles. The Morgan fingerprint density at radius 1 is 1.28 bits per heavy atom. The SMILES string of the molecule is COCCC1=CC2C=C(S1)C(N1CCOCC1)=NC(c1cccc3[nH]ncc13)=N2. The second kappa shape index (κ2) is 8.14. The average Bonchev–Trinajstić information content (AvgIpc) is 3.20. The zero-order valence-corrected chi connectivity index (χ0v) is 17.1. The van der Waals surface area contributed by atoms with E-state index in [1.54, 1.807) is 18.9 Å². The van der Waals surface area contributed by atoms with E-state index in [1.807, 2.05) is 18.3 Å². The average molecular weight is 410 g/mol. The number of methoxy groups -OCH3 is 1. The number of thioether (sulfide) groups is 1. The lowest BCUT2D eigenvalue weighted by Gasteiger charge is -2.31. The lowest BCUT2D eigenvalue weighted by atomic mass is 10.1. The maximum absolute atomic E-state index is 5.57. The molecule has 29 heavy (non-hydrogen) atoms. The van der Waals surface area contributed by atoms with Gasteiger partial charge in [-0.2, -0.15) is 5.10 Å². The van der Waals surface area contributed by atoms with E-state index in [0.29, 0.717) is 6.61 Å². The molecule has 1 saturated heterocycles. The minimum Gasteiger partial charge on any atom is -0.384 e. The standard InChI is InChI=1S/C21H23N5O2S/c1-27-8-5-15-11-14-12-19(29-15)21(26-6-9-28-10-7-26)24-20(23-14)16-3-2-4-18-17(16)13-22-25-18/h2-4,11-14H,5-10H2,1H3,(H,22,25). The minimum absolute atomic E-state index is 0.0300. The van der Waals surface area contributed by atoms with E-state index in [-0.39, 0.29) is 6.04 Å². The Kier molecular flexibility index (Phi) is 5.22. The first kappa shape index (κ1) is 18.6. The molecule has 0 amide bonds. The van der Waals surface area contributed by atoms with Crippen LogP contribution >= 0.6 is 11.8 Å². The number of fused-ring (bicyclic) bond motifs is 2. The van der Waals surface area contributed by atoms with Crippen molar-refractivity contribution in [1.29, 1.82) is 0 Å². The van der Waals surface area contributed by atoms with Gasteiger partial charge in [0, 0.05) is 37.6 Å². The van der Waals surface area contributed by atoms with E-state index in [2.05, 4.69) is 33.3 Å². The van der Waals surface area contributed by atoms with Crippen molar-refractivity contribution < 1.29 is 9.47 Å². The second-order valence-corrected chi connectivity index (χ2v) is 8.29. The van der Waals surface area contributed by atoms with Crippen molar-refractivity contribution in [3.05, 3.63) is 51.9 Å². The van der Waals surface area contributed by atoms with Gasteiger partial charge in [-0.3, -0.25) is 10.1 Å². The molecule has 2 bridgehead atoms. The Hall–Kier alpha value is -2.42. The fraction of sp³-hybridized carbons (Fsp3) is 0.381. The van der Waals surface area contributed by atoms with Gasteiger partial charge >= 0.3 is 0 Å². The molecule has 4 heterocycles. The van der Waals surface area contributed by atoms with Crippen molar-refractivity contribution in [2.24, 2.45) is 9.98 Å². The lowest BCUT2D eigenvalue weighted by molar-refractivity contribution is 0.0684. The minimum atomic E-state index is -0.0300. The highest BCUT2D eigenvalue weighted by atomic mass is 32.2. The Morgan fingerprint density at radius 2 is 2.17 bits per heavy atom. The number of aromatic amines is 1. The highest BCUT2D eigenvalue weighted by Gasteiger charge is 2.27. The fourth-order valence-electron chi connectivity index (χ4n) is 3.75. The molecule has 1 unspecified atom stereocenters. The zero-order chi connectivity index (χ0) is 19.6. The summed E-state index contributed by atoms with van der Waals surface area (Å²) in [5.41, 5.74) is 1.99. The van der Waals surface area contributed by atoms with Crippen molar-refractivity contribution in [2.75, 3.05) is 40.0 Å². The van der Waals surface area contributed by atoms with Crippen LogP contribution in [0.4, 0.5) is 0 Å². The molecule has 7 nitrogen and oxygen atoms in total. The van der Waals surface area contributed by atoms with Gasteiger partial charge in [0.05, 0.1) is 42.5 Å². The van der Waals surface area contributed by atoms with E-state index in [9.17, 15) is 0 Å². The first-order valence-corrected chi connectivity index (χ1v) is 10.6. The van der Waals surface area contributed by atoms with Gasteiger partial charge in [0.1, 0.15) is 5.84 Å². The van der Waals surface area contributed by atoms with Crippen LogP contribution in [0.1, 0.15) is 12.0 Å². The van der Waals surface area contributed by atoms with E-state index in [4.69, 9.17) is 19.5 Å². The lowest BCUT2D eigenvalue weighted by Crippen LogP contribution is -2.41. The molecule has 1 fully saturated rings. The second-order valence-electron chi connectivity index (χ2n) is 7.12. The van der Waals surface area contributed by atoms with Crippen LogP contribution in [0.3, 0.4) is 0 Å². The first-order chi connectivity index (χ1) is 14.3. The molecule has 0 aliphatic carbocycles. The highest BCUT2D eigenvalue weighted by Crippen LogP contribution is 2.37. The van der Waals surface area contributed by atoms with Crippen LogP contribution in [0.5, 0.6) is 0 Å². The summed E-state index contributed by atoms with van der Waals surface area (Å²) in [6.45, 7) is 3.81. The molecule has 5 rings (SSSR count). The van der Waals surface area contributed by atoms with Gasteiger partial charge in [0.25, 0.3) is 0 Å². The molecule has 0 spiro atoms. The van der Waals surface area contributed by atoms with Gasteiger partial charge in [0.2, 0.25) is 0 Å². The zero-order valence-electron chi connectivity index (χ0n) is 16.3. The quantitative estimate of drug-likeness (QED) is 0.840. The van der Waals surface area contributed by atoms with E-state index in [1.165, 1.54) is 9.81 Å². The number of amidine groups is 2. The summed E-state index contributed by atoms with van der Waals surface area (Å²) in [5.74, 6) is 1.74. The molecule has 150 valence electrons. The Morgan fingerprint density at radius 3 is 3.03 bits per heavy atom. The van der Waals surface area contributed by atoms with Crippen LogP contribution in [0, 0.1) is 0 Å². The van der Waals surface area contributed by atoms with Crippen molar-refractivity contribution in [1.82, 2.24) is 15.1 Å². The molecule has 3 aliphatic heterocycles. The predicted octanol–water partition coefficient (Wildman–Crippen LogP) is 2.97. The topological polar surface area (TPSA) is 75.1 Å². The molecule has 2 aromatic rings. The Balaban J connectivity index is 1.59. The van der Waals surface area contributed by atoms with Gasteiger partial charge < -0.3 is 14.4 Å². The number of aromatic nitrogens is 2. The van der Waals surface area contributed by atoms with Gasteiger partial charge in [-0.1, -0.05) is 23.9 Å². The molecular weight excluding hydrogens is 386 g/mol. The van der Waals surface area contributed by atoms with E-state index < -0.39 is 0 Å². The predicted molar refractivity (Wildman–Crippen MR) is 116 cm³/mol. The number of ether oxygens (including phenoxy) is 2. The summed E-state index contributed by atoms with van der Waals surface area (Å²) in [6.07, 6.45) is 7.17. The number of morpholine rings is 1. The van der Waals surface area contributed by atoms with Gasteiger partial charge in [0.15, 0.2) is 5.84 Å². The summed E-state index contributed by atoms with van der Waals surface area (Å²) in [4.78, 5) is 14.9. The number of nitrogens with zero attached hydrogens (tertiary/aromatic N) is 4. The van der Waals surface area contributed by atoms with Crippen LogP contribution in [-0.4, -0.2) is 72.8 Å². The van der Waals surface area contributed by atoms with Crippen molar-refractivity contribution in [3.63, 3.8) is 0 Å². The first-order valence-electron chi connectivity index (χ1n) is 9.83. The molecule has 1 aromatic heterocycles. The normalized spacial score (nSPS) is 22.0. The summed E-state index contributed by atoms with van der Waals surface area (Å²) in [5, 5.41) is 8.28. The van der Waals surface area contributed by atoms with Gasteiger partial charge in [-0.25, -0.2) is 4.99 Å². The Labute approximate surface area is 173 Å². The molecule has 0 radical (unpaired) electrons. The molecular formula is C21H23N5O2S. The number of nitrogens with one attached hydrogen (secondary N) is 1. The molecule has 1 atom stereocenters. The number of benzene rings is 1. The maximum Gasteiger partial charge on any atom is 0.158 e. The summed E-state index contributed by atoms with van der Waals surface area (Å²) in [6, 6.07) is 6.08. The smallest absolute Gasteiger partial charge is 0.158 e. The highest BCUT2D eigenvalue weighted by molar-refractivity contribution is 8.07. The third-order valence-corrected chi connectivity index (χ3v) is 6.35. The number of hydrogen-bond donors (Lipinski definition) is 1. The van der Waals surface area contributed by atoms with Crippen LogP contribution < -0.4 is 0 Å². The molecule has 1 N–H and O–H groups in total. The molecule has 3 aliphatic rings. The molecule has 8 heteroatoms. The van der Waals surface area contributed by atoms with Crippen LogP contribution in [0.15, 0.2) is 56.3 Å². The Bertz CT molecular complexity index is 1030. The third kappa shape index (κ3) is 3.75. The summed E-state index contributed by atoms with van der Waals surface area (Å²) in [7, 11) is 1.74. The fourth-order valence-corrected chi connectivity index (χ4v) is 4.90. The monoisotopic (exact) mass is 409 g/mol. The number of H-pyrrole nitrogens is 1. The number of rotatable bonds is 4.